The van der Waals surface area contributed by atoms with E-state index in [4.69, 9.17) is 0 Å². The number of ketones is 1. The van der Waals surface area contributed by atoms with Crippen molar-refractivity contribution in [2.75, 3.05) is 0 Å². The van der Waals surface area contributed by atoms with Crippen LogP contribution in [0.2, 0.25) is 0 Å². The third kappa shape index (κ3) is 4.85. The van der Waals surface area contributed by atoms with Gasteiger partial charge in [-0.15, -0.1) is 0 Å². The minimum atomic E-state index is 0.316. The summed E-state index contributed by atoms with van der Waals surface area (Å²) in [6.07, 6.45) is 7.45. The Kier molecular flexibility index (Phi) is 6.90. The van der Waals surface area contributed by atoms with Crippen molar-refractivity contribution in [3.63, 3.8) is 0 Å². The van der Waals surface area contributed by atoms with Crippen LogP contribution in [0.25, 0.3) is 0 Å². The van der Waals surface area contributed by atoms with E-state index in [-0.39, 0.29) is 0 Å². The van der Waals surface area contributed by atoms with Gasteiger partial charge in [-0.2, -0.15) is 0 Å². The van der Waals surface area contributed by atoms with Gasteiger partial charge in [0.05, 0.1) is 0 Å². The summed E-state index contributed by atoms with van der Waals surface area (Å²) in [5, 5.41) is 0. The molecular weight excluding hydrogens is 234 g/mol. The smallest absolute Gasteiger partial charge is 0.164 e. The Balaban J connectivity index is 2.78. The summed E-state index contributed by atoms with van der Waals surface area (Å²) in [7, 11) is 0. The Bertz CT molecular complexity index is 390. The monoisotopic (exact) mass is 263 g/mol. The fourth-order valence-electron chi connectivity index (χ4n) is 2.39. The second-order valence-corrected chi connectivity index (χ2v) is 5.76. The van der Waals surface area contributed by atoms with E-state index in [0.29, 0.717) is 18.1 Å². The van der Waals surface area contributed by atoms with Gasteiger partial charge in [0.1, 0.15) is 0 Å². The third-order valence-corrected chi connectivity index (χ3v) is 3.59. The van der Waals surface area contributed by atoms with Crippen LogP contribution in [0.3, 0.4) is 0 Å². The second-order valence-electron chi connectivity index (χ2n) is 5.76. The van der Waals surface area contributed by atoms with Crippen LogP contribution in [0.4, 0.5) is 0 Å². The number of carbonyl (C=O) groups is 1. The van der Waals surface area contributed by atoms with Crippen molar-refractivity contribution in [1.29, 1.82) is 0 Å². The van der Waals surface area contributed by atoms with E-state index >= 15 is 0 Å². The van der Waals surface area contributed by atoms with E-state index < -0.39 is 0 Å². The number of H-pyrrole nitrogens is 1. The molecule has 1 rings (SSSR count). The molecule has 0 aliphatic heterocycles. The van der Waals surface area contributed by atoms with Crippen LogP contribution in [-0.2, 0) is 6.42 Å². The molecule has 0 aromatic carbocycles. The summed E-state index contributed by atoms with van der Waals surface area (Å²) in [5.74, 6) is 0.705. The third-order valence-electron chi connectivity index (χ3n) is 3.59. The molecule has 1 heterocycles. The van der Waals surface area contributed by atoms with Gasteiger partial charge in [0.25, 0.3) is 0 Å². The van der Waals surface area contributed by atoms with Crippen molar-refractivity contribution < 1.29 is 4.79 Å². The maximum atomic E-state index is 12.3. The molecule has 0 amide bonds. The van der Waals surface area contributed by atoms with Gasteiger partial charge in [-0.25, -0.2) is 0 Å². The fourth-order valence-corrected chi connectivity index (χ4v) is 2.39. The number of aryl methyl sites for hydroxylation is 1. The topological polar surface area (TPSA) is 32.9 Å². The van der Waals surface area contributed by atoms with E-state index in [9.17, 15) is 4.79 Å². The Labute approximate surface area is 118 Å². The van der Waals surface area contributed by atoms with Crippen LogP contribution in [-0.4, -0.2) is 10.8 Å². The number of Topliss-reactive ketones (excluding diaryl/α,β-unsaturated/α-hetero) is 1. The zero-order valence-electron chi connectivity index (χ0n) is 13.0. The number of hydrogen-bond acceptors (Lipinski definition) is 1. The van der Waals surface area contributed by atoms with Crippen molar-refractivity contribution >= 4 is 5.78 Å². The molecule has 0 radical (unpaired) electrons. The zero-order valence-corrected chi connectivity index (χ0v) is 13.0. The molecule has 0 saturated heterocycles. The summed E-state index contributed by atoms with van der Waals surface area (Å²) < 4.78 is 0. The molecular formula is C17H29NO. The Morgan fingerprint density at radius 2 is 1.84 bits per heavy atom. The minimum absolute atomic E-state index is 0.316. The van der Waals surface area contributed by atoms with Crippen LogP contribution in [0.5, 0.6) is 0 Å². The summed E-state index contributed by atoms with van der Waals surface area (Å²) in [6.45, 7) is 8.67. The average Bonchev–Trinajstić information content (AvgIpc) is 2.81. The van der Waals surface area contributed by atoms with Crippen molar-refractivity contribution in [3.05, 3.63) is 23.0 Å². The van der Waals surface area contributed by atoms with Crippen LogP contribution in [0.15, 0.2) is 6.07 Å². The van der Waals surface area contributed by atoms with Gasteiger partial charge in [-0.1, -0.05) is 47.0 Å². The lowest BCUT2D eigenvalue weighted by atomic mass is 9.99. The number of aromatic amines is 1. The predicted octanol–water partition coefficient (Wildman–Crippen LogP) is 5.24. The van der Waals surface area contributed by atoms with E-state index in [1.807, 2.05) is 0 Å². The van der Waals surface area contributed by atoms with Crippen LogP contribution >= 0.6 is 0 Å². The number of aromatic nitrogens is 1. The molecule has 0 spiro atoms. The summed E-state index contributed by atoms with van der Waals surface area (Å²) in [4.78, 5) is 15.8. The van der Waals surface area contributed by atoms with Crippen molar-refractivity contribution in [2.45, 2.75) is 78.6 Å². The maximum absolute atomic E-state index is 12.3. The largest absolute Gasteiger partial charge is 0.361 e. The molecule has 0 atom stereocenters. The predicted molar refractivity (Wildman–Crippen MR) is 82.0 cm³/mol. The number of hydrogen-bond donors (Lipinski definition) is 1. The first kappa shape index (κ1) is 16.0. The molecule has 0 fully saturated rings. The molecule has 19 heavy (non-hydrogen) atoms. The van der Waals surface area contributed by atoms with E-state index in [0.717, 1.165) is 30.5 Å². The van der Waals surface area contributed by atoms with Crippen LogP contribution in [0, 0.1) is 0 Å². The molecule has 1 N–H and O–H groups in total. The Hall–Kier alpha value is -1.05. The minimum Gasteiger partial charge on any atom is -0.361 e. The van der Waals surface area contributed by atoms with Gasteiger partial charge >= 0.3 is 0 Å². The highest BCUT2D eigenvalue weighted by atomic mass is 16.1. The van der Waals surface area contributed by atoms with Crippen molar-refractivity contribution in [1.82, 2.24) is 4.98 Å². The Morgan fingerprint density at radius 3 is 2.42 bits per heavy atom. The molecule has 1 aromatic rings. The van der Waals surface area contributed by atoms with Gasteiger partial charge in [-0.3, -0.25) is 4.79 Å². The molecule has 2 heteroatoms. The lowest BCUT2D eigenvalue weighted by Gasteiger charge is -2.06. The number of rotatable bonds is 9. The molecule has 0 unspecified atom stereocenters. The fraction of sp³-hybridized carbons (Fsp3) is 0.706. The SMILES string of the molecule is CCCCCC(=O)c1cc(CCCC)[nH]c1C(C)C. The lowest BCUT2D eigenvalue weighted by Crippen LogP contribution is -2.03. The highest BCUT2D eigenvalue weighted by Gasteiger charge is 2.17. The second kappa shape index (κ2) is 8.19. The molecule has 0 bridgehead atoms. The molecule has 0 saturated carbocycles. The molecule has 108 valence electrons. The molecule has 1 aromatic heterocycles. The summed E-state index contributed by atoms with van der Waals surface area (Å²) >= 11 is 0. The van der Waals surface area contributed by atoms with E-state index in [1.54, 1.807) is 0 Å². The molecule has 2 nitrogen and oxygen atoms in total. The first-order valence-electron chi connectivity index (χ1n) is 7.85. The van der Waals surface area contributed by atoms with Gasteiger partial charge in [0.2, 0.25) is 0 Å². The summed E-state index contributed by atoms with van der Waals surface area (Å²) in [6, 6.07) is 2.10. The van der Waals surface area contributed by atoms with E-state index in [1.165, 1.54) is 25.0 Å². The standard InChI is InChI=1S/C17H29NO/c1-5-7-9-11-16(19)15-12-14(10-8-6-2)18-17(15)13(3)4/h12-13,18H,5-11H2,1-4H3. The quantitative estimate of drug-likeness (QED) is 0.479. The van der Waals surface area contributed by atoms with Gasteiger partial charge in [0, 0.05) is 23.4 Å². The van der Waals surface area contributed by atoms with Gasteiger partial charge < -0.3 is 4.98 Å². The van der Waals surface area contributed by atoms with E-state index in [2.05, 4.69) is 38.7 Å². The molecule has 0 aliphatic carbocycles. The lowest BCUT2D eigenvalue weighted by molar-refractivity contribution is 0.0978. The highest BCUT2D eigenvalue weighted by Crippen LogP contribution is 2.23. The van der Waals surface area contributed by atoms with Crippen LogP contribution in [0.1, 0.15) is 93.9 Å². The highest BCUT2D eigenvalue weighted by molar-refractivity contribution is 5.97. The molecule has 0 aliphatic rings. The number of unbranched alkanes of at least 4 members (excludes halogenated alkanes) is 3. The Morgan fingerprint density at radius 1 is 1.16 bits per heavy atom. The number of carbonyl (C=O) groups excluding carboxylic acids is 1. The van der Waals surface area contributed by atoms with Crippen molar-refractivity contribution in [2.24, 2.45) is 0 Å². The zero-order chi connectivity index (χ0) is 14.3. The van der Waals surface area contributed by atoms with Crippen molar-refractivity contribution in [3.8, 4) is 0 Å². The van der Waals surface area contributed by atoms with Gasteiger partial charge in [-0.05, 0) is 31.2 Å². The first-order valence-corrected chi connectivity index (χ1v) is 7.85. The maximum Gasteiger partial charge on any atom is 0.164 e. The normalized spacial score (nSPS) is 11.2. The van der Waals surface area contributed by atoms with Crippen LogP contribution < -0.4 is 0 Å². The summed E-state index contributed by atoms with van der Waals surface area (Å²) in [5.41, 5.74) is 3.30. The number of nitrogens with one attached hydrogen (secondary N) is 1. The average molecular weight is 263 g/mol. The van der Waals surface area contributed by atoms with Gasteiger partial charge in [0.15, 0.2) is 5.78 Å². The first-order chi connectivity index (χ1) is 9.10.